The second-order valence-electron chi connectivity index (χ2n) is 2.50. The summed E-state index contributed by atoms with van der Waals surface area (Å²) in [5, 5.41) is 0.928. The van der Waals surface area contributed by atoms with Gasteiger partial charge in [-0.25, -0.2) is 0 Å². The molecule has 64 valence electrons. The number of hydrogen-bond donors (Lipinski definition) is 1. The third-order valence-electron chi connectivity index (χ3n) is 1.55. The van der Waals surface area contributed by atoms with Gasteiger partial charge in [0.2, 0.25) is 0 Å². The Bertz CT molecular complexity index is 251. The van der Waals surface area contributed by atoms with Crippen LogP contribution in [0.1, 0.15) is 5.56 Å². The molecule has 0 amide bonds. The molecule has 0 atom stereocenters. The Balaban J connectivity index is 2.53. The zero-order valence-electron chi connectivity index (χ0n) is 6.70. The van der Waals surface area contributed by atoms with E-state index in [1.165, 1.54) is 5.56 Å². The average Bonchev–Trinajstić information content (AvgIpc) is 2.09. The first-order valence-corrected chi connectivity index (χ1v) is 5.38. The lowest BCUT2D eigenvalue weighted by Crippen LogP contribution is -1.79. The molecular formula is C10H11BrS. The number of allylic oxidation sites excluding steroid dienone is 2. The van der Waals surface area contributed by atoms with Crippen LogP contribution < -0.4 is 0 Å². The summed E-state index contributed by atoms with van der Waals surface area (Å²) < 4.78 is 0. The van der Waals surface area contributed by atoms with Crippen molar-refractivity contribution in [3.05, 3.63) is 42.0 Å². The van der Waals surface area contributed by atoms with E-state index in [0.717, 1.165) is 16.6 Å². The molecule has 0 spiro atoms. The van der Waals surface area contributed by atoms with Gasteiger partial charge in [0, 0.05) is 10.2 Å². The third-order valence-corrected chi connectivity index (χ3v) is 2.22. The normalized spacial score (nSPS) is 10.8. The monoisotopic (exact) mass is 242 g/mol. The van der Waals surface area contributed by atoms with Gasteiger partial charge < -0.3 is 0 Å². The largest absolute Gasteiger partial charge is 0.143 e. The Hall–Kier alpha value is -0.210. The highest BCUT2D eigenvalue weighted by atomic mass is 79.9. The Kier molecular flexibility index (Phi) is 4.48. The van der Waals surface area contributed by atoms with Crippen LogP contribution in [-0.4, -0.2) is 5.33 Å². The van der Waals surface area contributed by atoms with E-state index < -0.39 is 0 Å². The molecule has 1 rings (SSSR count). The number of alkyl halides is 1. The smallest absolute Gasteiger partial charge is 0.0212 e. The molecule has 0 aliphatic carbocycles. The van der Waals surface area contributed by atoms with Gasteiger partial charge in [0.05, 0.1) is 0 Å². The summed E-state index contributed by atoms with van der Waals surface area (Å²) >= 11 is 7.55. The molecule has 0 heterocycles. The summed E-state index contributed by atoms with van der Waals surface area (Å²) in [5.74, 6) is 0. The molecule has 12 heavy (non-hydrogen) atoms. The van der Waals surface area contributed by atoms with E-state index in [9.17, 15) is 0 Å². The highest BCUT2D eigenvalue weighted by molar-refractivity contribution is 9.09. The number of benzene rings is 1. The molecule has 0 saturated heterocycles. The molecule has 1 aromatic rings. The Morgan fingerprint density at radius 3 is 2.42 bits per heavy atom. The molecule has 0 N–H and O–H groups in total. The third kappa shape index (κ3) is 3.46. The quantitative estimate of drug-likeness (QED) is 0.469. The van der Waals surface area contributed by atoms with Crippen LogP contribution in [-0.2, 0) is 6.42 Å². The number of thiol groups is 1. The average molecular weight is 243 g/mol. The van der Waals surface area contributed by atoms with E-state index in [2.05, 4.69) is 52.8 Å². The highest BCUT2D eigenvalue weighted by Gasteiger charge is 1.87. The van der Waals surface area contributed by atoms with Crippen LogP contribution in [0.15, 0.2) is 41.3 Å². The van der Waals surface area contributed by atoms with Gasteiger partial charge in [0.1, 0.15) is 0 Å². The molecule has 0 aromatic heterocycles. The zero-order valence-corrected chi connectivity index (χ0v) is 9.18. The van der Waals surface area contributed by atoms with Crippen molar-refractivity contribution in [1.29, 1.82) is 0 Å². The van der Waals surface area contributed by atoms with Crippen molar-refractivity contribution in [2.75, 3.05) is 5.33 Å². The van der Waals surface area contributed by atoms with Crippen molar-refractivity contribution < 1.29 is 0 Å². The molecule has 0 aliphatic rings. The fraction of sp³-hybridized carbons (Fsp3) is 0.200. The predicted molar refractivity (Wildman–Crippen MR) is 60.3 cm³/mol. The molecular weight excluding hydrogens is 232 g/mol. The molecule has 0 saturated carbocycles. The molecule has 0 radical (unpaired) electrons. The molecule has 0 bridgehead atoms. The summed E-state index contributed by atoms with van der Waals surface area (Å²) in [6.07, 6.45) is 5.26. The first kappa shape index (κ1) is 9.87. The van der Waals surface area contributed by atoms with E-state index in [1.807, 2.05) is 12.1 Å². The molecule has 0 fully saturated rings. The summed E-state index contributed by atoms with van der Waals surface area (Å²) in [6, 6.07) is 8.22. The van der Waals surface area contributed by atoms with Gasteiger partial charge >= 0.3 is 0 Å². The predicted octanol–water partition coefficient (Wildman–Crippen LogP) is 3.47. The van der Waals surface area contributed by atoms with Gasteiger partial charge in [-0.2, -0.15) is 0 Å². The maximum absolute atomic E-state index is 4.22. The van der Waals surface area contributed by atoms with Crippen LogP contribution in [0.3, 0.4) is 0 Å². The molecule has 1 aromatic carbocycles. The Labute approximate surface area is 87.2 Å². The topological polar surface area (TPSA) is 0 Å². The van der Waals surface area contributed by atoms with Gasteiger partial charge in [-0.1, -0.05) is 40.2 Å². The lowest BCUT2D eigenvalue weighted by atomic mass is 10.1. The minimum atomic E-state index is 0.928. The molecule has 0 unspecified atom stereocenters. The SMILES string of the molecule is Sc1ccc(C/C=C/CBr)cc1. The van der Waals surface area contributed by atoms with Crippen LogP contribution in [0.5, 0.6) is 0 Å². The lowest BCUT2D eigenvalue weighted by Gasteiger charge is -1.95. The van der Waals surface area contributed by atoms with Gasteiger partial charge in [0.15, 0.2) is 0 Å². The summed E-state index contributed by atoms with van der Waals surface area (Å²) in [4.78, 5) is 1.02. The van der Waals surface area contributed by atoms with Crippen LogP contribution in [0.25, 0.3) is 0 Å². The maximum atomic E-state index is 4.22. The first-order chi connectivity index (χ1) is 5.83. The summed E-state index contributed by atoms with van der Waals surface area (Å²) in [7, 11) is 0. The van der Waals surface area contributed by atoms with Crippen molar-refractivity contribution in [1.82, 2.24) is 0 Å². The second kappa shape index (κ2) is 5.44. The number of rotatable bonds is 3. The van der Waals surface area contributed by atoms with Crippen LogP contribution in [0, 0.1) is 0 Å². The van der Waals surface area contributed by atoms with E-state index in [1.54, 1.807) is 0 Å². The van der Waals surface area contributed by atoms with Gasteiger partial charge in [0.25, 0.3) is 0 Å². The van der Waals surface area contributed by atoms with Crippen molar-refractivity contribution >= 4 is 28.6 Å². The standard InChI is InChI=1S/C10H11BrS/c11-8-2-1-3-9-4-6-10(12)7-5-9/h1-2,4-7,12H,3,8H2/b2-1+. The number of hydrogen-bond acceptors (Lipinski definition) is 1. The first-order valence-electron chi connectivity index (χ1n) is 3.82. The van der Waals surface area contributed by atoms with E-state index in [-0.39, 0.29) is 0 Å². The van der Waals surface area contributed by atoms with Crippen LogP contribution >= 0.6 is 28.6 Å². The number of halogens is 1. The van der Waals surface area contributed by atoms with Gasteiger partial charge in [-0.15, -0.1) is 12.6 Å². The second-order valence-corrected chi connectivity index (χ2v) is 3.66. The van der Waals surface area contributed by atoms with E-state index >= 15 is 0 Å². The van der Waals surface area contributed by atoms with Crippen molar-refractivity contribution in [3.8, 4) is 0 Å². The Morgan fingerprint density at radius 2 is 1.83 bits per heavy atom. The fourth-order valence-corrected chi connectivity index (χ4v) is 1.33. The summed E-state index contributed by atoms with van der Waals surface area (Å²) in [6.45, 7) is 0. The van der Waals surface area contributed by atoms with Crippen LogP contribution in [0.4, 0.5) is 0 Å². The minimum Gasteiger partial charge on any atom is -0.143 e. The maximum Gasteiger partial charge on any atom is 0.0212 e. The van der Waals surface area contributed by atoms with Gasteiger partial charge in [-0.05, 0) is 24.1 Å². The van der Waals surface area contributed by atoms with E-state index in [4.69, 9.17) is 0 Å². The summed E-state index contributed by atoms with van der Waals surface area (Å²) in [5.41, 5.74) is 1.32. The van der Waals surface area contributed by atoms with Gasteiger partial charge in [-0.3, -0.25) is 0 Å². The van der Waals surface area contributed by atoms with Crippen LogP contribution in [0.2, 0.25) is 0 Å². The van der Waals surface area contributed by atoms with E-state index in [0.29, 0.717) is 0 Å². The Morgan fingerprint density at radius 1 is 1.17 bits per heavy atom. The highest BCUT2D eigenvalue weighted by Crippen LogP contribution is 2.08. The van der Waals surface area contributed by atoms with Crippen molar-refractivity contribution in [3.63, 3.8) is 0 Å². The molecule has 2 heteroatoms. The van der Waals surface area contributed by atoms with Crippen molar-refractivity contribution in [2.45, 2.75) is 11.3 Å². The fourth-order valence-electron chi connectivity index (χ4n) is 0.914. The minimum absolute atomic E-state index is 0.928. The zero-order chi connectivity index (χ0) is 8.81. The van der Waals surface area contributed by atoms with Crippen molar-refractivity contribution in [2.24, 2.45) is 0 Å². The lowest BCUT2D eigenvalue weighted by molar-refractivity contribution is 1.24. The molecule has 0 nitrogen and oxygen atoms in total. The molecule has 0 aliphatic heterocycles.